The second-order valence-electron chi connectivity index (χ2n) is 3.08. The molecule has 0 atom stereocenters. The van der Waals surface area contributed by atoms with E-state index in [1.807, 2.05) is 0 Å². The number of rotatable bonds is 3. The molecule has 2 N–H and O–H groups in total. The first-order chi connectivity index (χ1) is 6.02. The van der Waals surface area contributed by atoms with Crippen LogP contribution in [-0.2, 0) is 0 Å². The molecule has 0 radical (unpaired) electrons. The van der Waals surface area contributed by atoms with Crippen LogP contribution >= 0.6 is 0 Å². The molecule has 1 amide bonds. The summed E-state index contributed by atoms with van der Waals surface area (Å²) < 4.78 is 4.80. The number of furan rings is 1. The average Bonchev–Trinajstić information content (AvgIpc) is 2.50. The van der Waals surface area contributed by atoms with Crippen LogP contribution in [0.15, 0.2) is 16.7 Å². The molecule has 0 aliphatic carbocycles. The molecule has 13 heavy (non-hydrogen) atoms. The van der Waals surface area contributed by atoms with Crippen molar-refractivity contribution in [3.63, 3.8) is 0 Å². The van der Waals surface area contributed by atoms with Crippen molar-refractivity contribution in [3.05, 3.63) is 23.7 Å². The van der Waals surface area contributed by atoms with E-state index in [0.29, 0.717) is 5.56 Å². The number of carbonyl (C=O) groups excluding carboxylic acids is 2. The molecular formula is C9H11NO3. The van der Waals surface area contributed by atoms with Gasteiger partial charge in [0.25, 0.3) is 5.91 Å². The van der Waals surface area contributed by atoms with E-state index in [2.05, 4.69) is 0 Å². The van der Waals surface area contributed by atoms with Crippen LogP contribution in [0.25, 0.3) is 0 Å². The minimum Gasteiger partial charge on any atom is -0.458 e. The number of hydrogen-bond acceptors (Lipinski definition) is 3. The van der Waals surface area contributed by atoms with Crippen LogP contribution in [0.3, 0.4) is 0 Å². The van der Waals surface area contributed by atoms with E-state index >= 15 is 0 Å². The topological polar surface area (TPSA) is 73.3 Å². The fraction of sp³-hybridized carbons (Fsp3) is 0.333. The van der Waals surface area contributed by atoms with Crippen molar-refractivity contribution in [2.24, 2.45) is 11.7 Å². The molecular weight excluding hydrogens is 170 g/mol. The van der Waals surface area contributed by atoms with Crippen LogP contribution in [-0.4, -0.2) is 11.7 Å². The third-order valence-electron chi connectivity index (χ3n) is 1.65. The number of hydrogen-bond donors (Lipinski definition) is 1. The Kier molecular flexibility index (Phi) is 2.51. The Morgan fingerprint density at radius 2 is 2.08 bits per heavy atom. The monoisotopic (exact) mass is 181 g/mol. The fourth-order valence-electron chi connectivity index (χ4n) is 0.928. The zero-order chi connectivity index (χ0) is 10.0. The first-order valence-electron chi connectivity index (χ1n) is 3.95. The van der Waals surface area contributed by atoms with Gasteiger partial charge in [0.05, 0.1) is 5.56 Å². The lowest BCUT2D eigenvalue weighted by atomic mass is 10.0. The van der Waals surface area contributed by atoms with Crippen molar-refractivity contribution in [2.75, 3.05) is 0 Å². The molecule has 70 valence electrons. The molecule has 0 aliphatic heterocycles. The van der Waals surface area contributed by atoms with Gasteiger partial charge in [0, 0.05) is 12.0 Å². The Bertz CT molecular complexity index is 338. The molecule has 0 bridgehead atoms. The summed E-state index contributed by atoms with van der Waals surface area (Å²) in [7, 11) is 0. The lowest BCUT2D eigenvalue weighted by Gasteiger charge is -1.97. The van der Waals surface area contributed by atoms with Gasteiger partial charge in [0.2, 0.25) is 0 Å². The molecule has 0 spiro atoms. The molecule has 0 aromatic carbocycles. The fourth-order valence-corrected chi connectivity index (χ4v) is 0.928. The molecule has 1 rings (SSSR count). The number of primary amides is 1. The highest BCUT2D eigenvalue weighted by atomic mass is 16.3. The minimum absolute atomic E-state index is 0.0176. The predicted octanol–water partition coefficient (Wildman–Crippen LogP) is 1.22. The quantitative estimate of drug-likeness (QED) is 0.712. The van der Waals surface area contributed by atoms with Gasteiger partial charge < -0.3 is 10.2 Å². The maximum Gasteiger partial charge on any atom is 0.284 e. The van der Waals surface area contributed by atoms with Gasteiger partial charge in [-0.2, -0.15) is 0 Å². The molecule has 4 heteroatoms. The van der Waals surface area contributed by atoms with E-state index in [0.717, 1.165) is 0 Å². The highest BCUT2D eigenvalue weighted by Crippen LogP contribution is 2.12. The van der Waals surface area contributed by atoms with E-state index < -0.39 is 5.91 Å². The van der Waals surface area contributed by atoms with E-state index in [4.69, 9.17) is 10.2 Å². The minimum atomic E-state index is -0.664. The Balaban J connectivity index is 2.92. The summed E-state index contributed by atoms with van der Waals surface area (Å²) in [4.78, 5) is 22.0. The number of carbonyl (C=O) groups is 2. The Hall–Kier alpha value is -1.58. The van der Waals surface area contributed by atoms with Crippen molar-refractivity contribution < 1.29 is 14.0 Å². The third-order valence-corrected chi connectivity index (χ3v) is 1.65. The first kappa shape index (κ1) is 9.51. The van der Waals surface area contributed by atoms with Gasteiger partial charge in [-0.05, 0) is 0 Å². The van der Waals surface area contributed by atoms with Crippen molar-refractivity contribution in [1.82, 2.24) is 0 Å². The zero-order valence-electron chi connectivity index (χ0n) is 7.53. The summed E-state index contributed by atoms with van der Waals surface area (Å²) in [5.41, 5.74) is 5.35. The molecule has 0 saturated carbocycles. The van der Waals surface area contributed by atoms with E-state index in [1.165, 1.54) is 12.3 Å². The second-order valence-corrected chi connectivity index (χ2v) is 3.08. The van der Waals surface area contributed by atoms with Crippen LogP contribution in [0.4, 0.5) is 0 Å². The zero-order valence-corrected chi connectivity index (χ0v) is 7.53. The maximum absolute atomic E-state index is 11.4. The molecule has 1 heterocycles. The normalized spacial score (nSPS) is 10.4. The third kappa shape index (κ3) is 1.96. The van der Waals surface area contributed by atoms with Gasteiger partial charge in [0.1, 0.15) is 6.26 Å². The highest BCUT2D eigenvalue weighted by molar-refractivity contribution is 5.99. The van der Waals surface area contributed by atoms with Gasteiger partial charge in [-0.3, -0.25) is 9.59 Å². The SMILES string of the molecule is CC(C)C(=O)c1coc(C(N)=O)c1. The van der Waals surface area contributed by atoms with Gasteiger partial charge in [-0.25, -0.2) is 0 Å². The summed E-state index contributed by atoms with van der Waals surface area (Å²) >= 11 is 0. The van der Waals surface area contributed by atoms with Gasteiger partial charge in [-0.15, -0.1) is 0 Å². The molecule has 0 unspecified atom stereocenters. The van der Waals surface area contributed by atoms with Gasteiger partial charge in [-0.1, -0.05) is 13.8 Å². The Labute approximate surface area is 75.7 Å². The van der Waals surface area contributed by atoms with Crippen molar-refractivity contribution in [1.29, 1.82) is 0 Å². The van der Waals surface area contributed by atoms with Crippen molar-refractivity contribution >= 4 is 11.7 Å². The predicted molar refractivity (Wildman–Crippen MR) is 46.4 cm³/mol. The molecule has 0 saturated heterocycles. The van der Waals surface area contributed by atoms with Crippen molar-refractivity contribution in [2.45, 2.75) is 13.8 Å². The number of Topliss-reactive ketones (excluding diaryl/α,β-unsaturated/α-hetero) is 1. The maximum atomic E-state index is 11.4. The standard InChI is InChI=1S/C9H11NO3/c1-5(2)8(11)6-3-7(9(10)12)13-4-6/h3-5H,1-2H3,(H2,10,12). The second kappa shape index (κ2) is 3.43. The summed E-state index contributed by atoms with van der Waals surface area (Å²) in [5.74, 6) is -0.818. The number of amides is 1. The van der Waals surface area contributed by atoms with Crippen molar-refractivity contribution in [3.8, 4) is 0 Å². The molecule has 4 nitrogen and oxygen atoms in total. The summed E-state index contributed by atoms with van der Waals surface area (Å²) in [6.07, 6.45) is 1.25. The van der Waals surface area contributed by atoms with Crippen LogP contribution < -0.4 is 5.73 Å². The molecule has 1 aromatic rings. The average molecular weight is 181 g/mol. The van der Waals surface area contributed by atoms with Crippen LogP contribution in [0.1, 0.15) is 34.8 Å². The molecule has 0 aliphatic rings. The van der Waals surface area contributed by atoms with E-state index in [1.54, 1.807) is 13.8 Å². The van der Waals surface area contributed by atoms with Gasteiger partial charge >= 0.3 is 0 Å². The van der Waals surface area contributed by atoms with E-state index in [-0.39, 0.29) is 17.5 Å². The van der Waals surface area contributed by atoms with Gasteiger partial charge in [0.15, 0.2) is 11.5 Å². The Morgan fingerprint density at radius 1 is 1.46 bits per heavy atom. The van der Waals surface area contributed by atoms with Crippen LogP contribution in [0.5, 0.6) is 0 Å². The summed E-state index contributed by atoms with van der Waals surface area (Å²) in [6.45, 7) is 3.55. The van der Waals surface area contributed by atoms with Crippen LogP contribution in [0, 0.1) is 5.92 Å². The highest BCUT2D eigenvalue weighted by Gasteiger charge is 2.15. The van der Waals surface area contributed by atoms with E-state index in [9.17, 15) is 9.59 Å². The van der Waals surface area contributed by atoms with Crippen LogP contribution in [0.2, 0.25) is 0 Å². The smallest absolute Gasteiger partial charge is 0.284 e. The number of ketones is 1. The number of nitrogens with two attached hydrogens (primary N) is 1. The molecule has 1 aromatic heterocycles. The summed E-state index contributed by atoms with van der Waals surface area (Å²) in [6, 6.07) is 1.37. The first-order valence-corrected chi connectivity index (χ1v) is 3.95. The Morgan fingerprint density at radius 3 is 2.46 bits per heavy atom. The summed E-state index contributed by atoms with van der Waals surface area (Å²) in [5, 5.41) is 0. The molecule has 0 fully saturated rings. The lowest BCUT2D eigenvalue weighted by molar-refractivity contribution is 0.0937. The lowest BCUT2D eigenvalue weighted by Crippen LogP contribution is -2.10. The largest absolute Gasteiger partial charge is 0.458 e.